The Bertz CT molecular complexity index is 146. The van der Waals surface area contributed by atoms with Gasteiger partial charge in [-0.3, -0.25) is 0 Å². The number of aliphatic hydroxyl groups excluding tert-OH is 1. The first-order valence-electron chi connectivity index (χ1n) is 2.47. The lowest BCUT2D eigenvalue weighted by Gasteiger charge is -2.07. The summed E-state index contributed by atoms with van der Waals surface area (Å²) in [5.41, 5.74) is 4.58. The van der Waals surface area contributed by atoms with Crippen molar-refractivity contribution in [1.29, 1.82) is 0 Å². The highest BCUT2D eigenvalue weighted by atomic mass is 16.4. The maximum Gasteiger partial charge on any atom is 0.328 e. The molecule has 6 heteroatoms. The summed E-state index contributed by atoms with van der Waals surface area (Å²) in [6.07, 6.45) is 0. The van der Waals surface area contributed by atoms with Crippen LogP contribution in [0.25, 0.3) is 0 Å². The van der Waals surface area contributed by atoms with E-state index in [2.05, 4.69) is 5.73 Å². The van der Waals surface area contributed by atoms with E-state index < -0.39 is 24.6 Å². The Balaban J connectivity index is 3.83. The van der Waals surface area contributed by atoms with Crippen LogP contribution in [0.5, 0.6) is 0 Å². The van der Waals surface area contributed by atoms with E-state index in [0.717, 1.165) is 0 Å². The van der Waals surface area contributed by atoms with E-state index in [9.17, 15) is 9.59 Å². The maximum absolute atomic E-state index is 10.0. The number of nitrogens with one attached hydrogen (secondary N) is 1. The number of aliphatic hydroxyl groups is 1. The number of urea groups is 1. The first-order valence-corrected chi connectivity index (χ1v) is 2.47. The topological polar surface area (TPSA) is 113 Å². The summed E-state index contributed by atoms with van der Waals surface area (Å²) in [6, 6.07) is -2.28. The molecule has 0 fully saturated rings. The Morgan fingerprint density at radius 3 is 2.20 bits per heavy atom. The van der Waals surface area contributed by atoms with Gasteiger partial charge in [0.1, 0.15) is 0 Å². The number of carbonyl (C=O) groups excluding carboxylic acids is 1. The maximum atomic E-state index is 10.0. The quantitative estimate of drug-likeness (QED) is 0.374. The Hall–Kier alpha value is -1.30. The molecule has 0 aliphatic carbocycles. The van der Waals surface area contributed by atoms with Crippen molar-refractivity contribution < 1.29 is 19.8 Å². The molecule has 58 valence electrons. The van der Waals surface area contributed by atoms with Crippen LogP contribution in [-0.2, 0) is 4.79 Å². The minimum atomic E-state index is -1.32. The highest BCUT2D eigenvalue weighted by molar-refractivity contribution is 5.81. The van der Waals surface area contributed by atoms with E-state index in [0.29, 0.717) is 0 Å². The number of rotatable bonds is 3. The fourth-order valence-electron chi connectivity index (χ4n) is 0.357. The van der Waals surface area contributed by atoms with Crippen LogP contribution in [0.2, 0.25) is 0 Å². The molecule has 0 saturated carbocycles. The summed E-state index contributed by atoms with van der Waals surface area (Å²) >= 11 is 0. The van der Waals surface area contributed by atoms with Crippen LogP contribution in [0.3, 0.4) is 0 Å². The van der Waals surface area contributed by atoms with Gasteiger partial charge in [-0.15, -0.1) is 0 Å². The minimum Gasteiger partial charge on any atom is -0.480 e. The van der Waals surface area contributed by atoms with Gasteiger partial charge in [0.15, 0.2) is 6.04 Å². The van der Waals surface area contributed by atoms with Crippen molar-refractivity contribution in [2.75, 3.05) is 6.61 Å². The monoisotopic (exact) mass is 148 g/mol. The summed E-state index contributed by atoms with van der Waals surface area (Å²) in [6.45, 7) is -0.668. The standard InChI is InChI=1S/C4H8N2O4/c5-4(10)6-2(1-7)3(8)9/h2,7H,1H2,(H,8,9)(H3,5,6,10)/t2-/m0/s1. The van der Waals surface area contributed by atoms with Gasteiger partial charge in [-0.2, -0.15) is 0 Å². The Kier molecular flexibility index (Phi) is 3.20. The molecule has 0 heterocycles. The first kappa shape index (κ1) is 8.70. The summed E-state index contributed by atoms with van der Waals surface area (Å²) in [5.74, 6) is -1.32. The van der Waals surface area contributed by atoms with Crippen molar-refractivity contribution >= 4 is 12.0 Å². The molecule has 0 aromatic heterocycles. The van der Waals surface area contributed by atoms with Gasteiger partial charge < -0.3 is 21.3 Å². The van der Waals surface area contributed by atoms with Crippen LogP contribution in [0.4, 0.5) is 4.79 Å². The predicted octanol–water partition coefficient (Wildman–Crippen LogP) is -1.90. The molecule has 0 radical (unpaired) electrons. The van der Waals surface area contributed by atoms with E-state index in [1.807, 2.05) is 5.32 Å². The summed E-state index contributed by atoms with van der Waals surface area (Å²) in [4.78, 5) is 20.0. The van der Waals surface area contributed by atoms with Crippen molar-refractivity contribution in [3.63, 3.8) is 0 Å². The van der Waals surface area contributed by atoms with Gasteiger partial charge >= 0.3 is 12.0 Å². The molecule has 0 aromatic carbocycles. The lowest BCUT2D eigenvalue weighted by atomic mass is 10.3. The Labute approximate surface area is 56.6 Å². The van der Waals surface area contributed by atoms with E-state index in [1.165, 1.54) is 0 Å². The SMILES string of the molecule is NC(=O)N[C@@H](CO)C(=O)O. The fraction of sp³-hybridized carbons (Fsp3) is 0.500. The highest BCUT2D eigenvalue weighted by Crippen LogP contribution is 1.79. The van der Waals surface area contributed by atoms with Crippen LogP contribution in [-0.4, -0.2) is 34.9 Å². The van der Waals surface area contributed by atoms with Crippen molar-refractivity contribution in [2.45, 2.75) is 6.04 Å². The smallest absolute Gasteiger partial charge is 0.328 e. The summed E-state index contributed by atoms with van der Waals surface area (Å²) < 4.78 is 0. The van der Waals surface area contributed by atoms with Crippen molar-refractivity contribution in [3.8, 4) is 0 Å². The molecule has 0 bridgehead atoms. The molecule has 6 nitrogen and oxygen atoms in total. The van der Waals surface area contributed by atoms with Crippen molar-refractivity contribution in [1.82, 2.24) is 5.32 Å². The highest BCUT2D eigenvalue weighted by Gasteiger charge is 2.16. The number of nitrogens with two attached hydrogens (primary N) is 1. The predicted molar refractivity (Wildman–Crippen MR) is 31.2 cm³/mol. The molecule has 0 aliphatic rings. The van der Waals surface area contributed by atoms with Gasteiger partial charge in [0.2, 0.25) is 0 Å². The molecule has 2 amide bonds. The number of carboxylic acid groups (broad SMARTS) is 1. The zero-order valence-corrected chi connectivity index (χ0v) is 5.07. The second-order valence-electron chi connectivity index (χ2n) is 1.58. The molecule has 0 spiro atoms. The van der Waals surface area contributed by atoms with Crippen LogP contribution in [0, 0.1) is 0 Å². The molecule has 0 rings (SSSR count). The van der Waals surface area contributed by atoms with Gasteiger partial charge in [-0.1, -0.05) is 0 Å². The molecule has 5 N–H and O–H groups in total. The van der Waals surface area contributed by atoms with Gasteiger partial charge in [0.05, 0.1) is 6.61 Å². The molecule has 0 aromatic rings. The Morgan fingerprint density at radius 2 is 2.10 bits per heavy atom. The van der Waals surface area contributed by atoms with Crippen LogP contribution in [0.1, 0.15) is 0 Å². The van der Waals surface area contributed by atoms with E-state index in [-0.39, 0.29) is 0 Å². The number of hydrogen-bond acceptors (Lipinski definition) is 3. The van der Waals surface area contributed by atoms with Gasteiger partial charge in [0, 0.05) is 0 Å². The number of aliphatic carboxylic acids is 1. The second-order valence-corrected chi connectivity index (χ2v) is 1.58. The molecule has 10 heavy (non-hydrogen) atoms. The molecular formula is C4H8N2O4. The van der Waals surface area contributed by atoms with E-state index in [1.54, 1.807) is 0 Å². The van der Waals surface area contributed by atoms with Crippen LogP contribution < -0.4 is 11.1 Å². The van der Waals surface area contributed by atoms with Crippen LogP contribution in [0.15, 0.2) is 0 Å². The average molecular weight is 148 g/mol. The van der Waals surface area contributed by atoms with Gasteiger partial charge in [0.25, 0.3) is 0 Å². The Morgan fingerprint density at radius 1 is 1.60 bits per heavy atom. The number of hydrogen-bond donors (Lipinski definition) is 4. The number of carboxylic acids is 1. The minimum absolute atomic E-state index is 0.668. The third-order valence-electron chi connectivity index (χ3n) is 0.797. The summed E-state index contributed by atoms with van der Waals surface area (Å²) in [5, 5.41) is 18.3. The molecule has 0 aliphatic heterocycles. The van der Waals surface area contributed by atoms with E-state index >= 15 is 0 Å². The van der Waals surface area contributed by atoms with E-state index in [4.69, 9.17) is 10.2 Å². The fourth-order valence-corrected chi connectivity index (χ4v) is 0.357. The largest absolute Gasteiger partial charge is 0.480 e. The molecule has 0 unspecified atom stereocenters. The number of primary amides is 1. The van der Waals surface area contributed by atoms with Crippen LogP contribution >= 0.6 is 0 Å². The normalized spacial score (nSPS) is 12.1. The second kappa shape index (κ2) is 3.67. The average Bonchev–Trinajstić information content (AvgIpc) is 1.81. The third-order valence-corrected chi connectivity index (χ3v) is 0.797. The van der Waals surface area contributed by atoms with Gasteiger partial charge in [-0.05, 0) is 0 Å². The van der Waals surface area contributed by atoms with Crippen molar-refractivity contribution in [3.05, 3.63) is 0 Å². The number of amides is 2. The van der Waals surface area contributed by atoms with Crippen molar-refractivity contribution in [2.24, 2.45) is 5.73 Å². The number of carbonyl (C=O) groups is 2. The lowest BCUT2D eigenvalue weighted by molar-refractivity contribution is -0.140. The third kappa shape index (κ3) is 2.88. The molecular weight excluding hydrogens is 140 g/mol. The zero-order chi connectivity index (χ0) is 8.15. The zero-order valence-electron chi connectivity index (χ0n) is 5.07. The first-order chi connectivity index (χ1) is 4.57. The lowest BCUT2D eigenvalue weighted by Crippen LogP contribution is -2.45. The molecule has 1 atom stereocenters. The summed E-state index contributed by atoms with van der Waals surface area (Å²) in [7, 11) is 0. The molecule has 0 saturated heterocycles. The van der Waals surface area contributed by atoms with Gasteiger partial charge in [-0.25, -0.2) is 9.59 Å².